The van der Waals surface area contributed by atoms with E-state index in [0.717, 1.165) is 50.4 Å². The molecule has 2 bridgehead atoms. The summed E-state index contributed by atoms with van der Waals surface area (Å²) in [6, 6.07) is 6.24. The second kappa shape index (κ2) is 6.96. The van der Waals surface area contributed by atoms with E-state index in [1.165, 1.54) is 25.0 Å². The number of ether oxygens (including phenoxy) is 2. The van der Waals surface area contributed by atoms with Crippen LogP contribution in [0, 0.1) is 29.5 Å². The molecule has 5 atom stereocenters. The van der Waals surface area contributed by atoms with Gasteiger partial charge in [-0.1, -0.05) is 13.8 Å². The minimum absolute atomic E-state index is 0.0997. The molecule has 5 heteroatoms. The lowest BCUT2D eigenvalue weighted by atomic mass is 9.62. The van der Waals surface area contributed by atoms with Crippen molar-refractivity contribution in [3.05, 3.63) is 30.1 Å². The van der Waals surface area contributed by atoms with Crippen LogP contribution in [0.25, 0.3) is 0 Å². The summed E-state index contributed by atoms with van der Waals surface area (Å²) < 4.78 is 25.8. The summed E-state index contributed by atoms with van der Waals surface area (Å²) in [5, 5.41) is 0. The Bertz CT molecular complexity index is 695. The summed E-state index contributed by atoms with van der Waals surface area (Å²) in [6.45, 7) is 4.62. The molecule has 1 saturated heterocycles. The van der Waals surface area contributed by atoms with Crippen LogP contribution in [0.5, 0.6) is 5.75 Å². The Morgan fingerprint density at radius 3 is 2.46 bits per heavy atom. The summed E-state index contributed by atoms with van der Waals surface area (Å²) in [7, 11) is 0. The molecule has 0 aromatic heterocycles. The fourth-order valence-corrected chi connectivity index (χ4v) is 6.17. The molecular weight excluding hydrogens is 359 g/mol. The van der Waals surface area contributed by atoms with Gasteiger partial charge in [0.25, 0.3) is 0 Å². The van der Waals surface area contributed by atoms with Crippen LogP contribution in [0.1, 0.15) is 65.2 Å². The Kier molecular flexibility index (Phi) is 4.68. The summed E-state index contributed by atoms with van der Waals surface area (Å²) in [5.41, 5.74) is 0. The largest absolute Gasteiger partial charge is 0.490 e. The molecule has 1 aromatic rings. The molecule has 1 aliphatic heterocycles. The molecule has 0 amide bonds. The van der Waals surface area contributed by atoms with E-state index >= 15 is 0 Å². The first-order chi connectivity index (χ1) is 13.5. The van der Waals surface area contributed by atoms with E-state index in [4.69, 9.17) is 19.2 Å². The average molecular weight is 390 g/mol. The highest BCUT2D eigenvalue weighted by Gasteiger charge is 2.63. The standard InChI is InChI=1S/C23H31FO4/c1-15-11-17-13-16(2)23(18(12-15)14-17)26-22(27-28-23)9-7-21(8-10-22)25-20-5-3-19(24)4-6-20/h3-6,15-18,21H,7-14H2,1-2H3. The fourth-order valence-electron chi connectivity index (χ4n) is 6.17. The predicted octanol–water partition coefficient (Wildman–Crippen LogP) is 5.61. The van der Waals surface area contributed by atoms with Gasteiger partial charge in [0.15, 0.2) is 0 Å². The molecule has 4 nitrogen and oxygen atoms in total. The van der Waals surface area contributed by atoms with Crippen molar-refractivity contribution >= 4 is 0 Å². The molecule has 3 aliphatic carbocycles. The van der Waals surface area contributed by atoms with E-state index in [1.807, 2.05) is 0 Å². The van der Waals surface area contributed by atoms with E-state index < -0.39 is 11.6 Å². The highest BCUT2D eigenvalue weighted by Crippen LogP contribution is 2.58. The molecule has 1 aromatic carbocycles. The fraction of sp³-hybridized carbons (Fsp3) is 0.739. The van der Waals surface area contributed by atoms with Crippen LogP contribution >= 0.6 is 0 Å². The van der Waals surface area contributed by atoms with Crippen molar-refractivity contribution in [2.75, 3.05) is 0 Å². The molecular formula is C23H31FO4. The van der Waals surface area contributed by atoms with Crippen molar-refractivity contribution in [2.24, 2.45) is 23.7 Å². The number of rotatable bonds is 2. The van der Waals surface area contributed by atoms with Crippen molar-refractivity contribution in [1.29, 1.82) is 0 Å². The zero-order chi connectivity index (χ0) is 19.4. The number of benzene rings is 1. The van der Waals surface area contributed by atoms with Crippen LogP contribution in [-0.2, 0) is 14.5 Å². The van der Waals surface area contributed by atoms with Crippen LogP contribution in [0.2, 0.25) is 0 Å². The zero-order valence-electron chi connectivity index (χ0n) is 16.9. The predicted molar refractivity (Wildman–Crippen MR) is 102 cm³/mol. The monoisotopic (exact) mass is 390 g/mol. The van der Waals surface area contributed by atoms with Gasteiger partial charge in [-0.05, 0) is 74.6 Å². The third kappa shape index (κ3) is 3.25. The van der Waals surface area contributed by atoms with E-state index in [2.05, 4.69) is 13.8 Å². The normalized spacial score (nSPS) is 45.5. The van der Waals surface area contributed by atoms with Gasteiger partial charge >= 0.3 is 0 Å². The van der Waals surface area contributed by atoms with Gasteiger partial charge in [-0.15, -0.1) is 0 Å². The number of fused-ring (bicyclic) bond motifs is 3. The van der Waals surface area contributed by atoms with Gasteiger partial charge in [-0.25, -0.2) is 4.39 Å². The minimum atomic E-state index is -0.634. The summed E-state index contributed by atoms with van der Waals surface area (Å²) in [4.78, 5) is 12.0. The third-order valence-electron chi connectivity index (χ3n) is 7.46. The topological polar surface area (TPSA) is 36.9 Å². The van der Waals surface area contributed by atoms with Gasteiger partial charge in [0, 0.05) is 24.7 Å². The number of halogens is 1. The smallest absolute Gasteiger partial charge is 0.210 e. The van der Waals surface area contributed by atoms with E-state index in [0.29, 0.717) is 17.6 Å². The Balaban J connectivity index is 1.24. The number of hydrogen-bond acceptors (Lipinski definition) is 4. The zero-order valence-corrected chi connectivity index (χ0v) is 16.9. The molecule has 0 N–H and O–H groups in total. The molecule has 2 spiro atoms. The highest BCUT2D eigenvalue weighted by molar-refractivity contribution is 5.22. The van der Waals surface area contributed by atoms with Crippen LogP contribution in [-0.4, -0.2) is 17.7 Å². The van der Waals surface area contributed by atoms with E-state index in [-0.39, 0.29) is 11.9 Å². The molecule has 154 valence electrons. The van der Waals surface area contributed by atoms with Crippen molar-refractivity contribution in [1.82, 2.24) is 0 Å². The molecule has 1 heterocycles. The van der Waals surface area contributed by atoms with Gasteiger partial charge in [-0.3, -0.25) is 0 Å². The van der Waals surface area contributed by atoms with Crippen molar-refractivity contribution < 1.29 is 23.6 Å². The SMILES string of the molecule is CC1CC2CC(C)C3(OOC4(CCC(Oc5ccc(F)cc5)CC4)O3)C(C1)C2. The van der Waals surface area contributed by atoms with Gasteiger partial charge in [-0.2, -0.15) is 9.78 Å². The second-order valence-electron chi connectivity index (χ2n) is 9.68. The Hall–Kier alpha value is -1.17. The molecule has 3 saturated carbocycles. The Morgan fingerprint density at radius 2 is 1.71 bits per heavy atom. The quantitative estimate of drug-likeness (QED) is 0.615. The van der Waals surface area contributed by atoms with Gasteiger partial charge in [0.2, 0.25) is 11.6 Å². The van der Waals surface area contributed by atoms with Crippen LogP contribution in [0.4, 0.5) is 4.39 Å². The maximum absolute atomic E-state index is 13.1. The molecule has 4 aliphatic rings. The van der Waals surface area contributed by atoms with Gasteiger partial charge in [0.1, 0.15) is 11.6 Å². The van der Waals surface area contributed by atoms with Crippen LogP contribution in [0.15, 0.2) is 24.3 Å². The minimum Gasteiger partial charge on any atom is -0.490 e. The van der Waals surface area contributed by atoms with Crippen LogP contribution < -0.4 is 4.74 Å². The maximum atomic E-state index is 13.1. The average Bonchev–Trinajstić information content (AvgIpc) is 3.05. The van der Waals surface area contributed by atoms with Crippen LogP contribution in [0.3, 0.4) is 0 Å². The van der Waals surface area contributed by atoms with Crippen molar-refractivity contribution in [3.63, 3.8) is 0 Å². The molecule has 5 rings (SSSR count). The lowest BCUT2D eigenvalue weighted by Gasteiger charge is -2.50. The first kappa shape index (κ1) is 18.8. The molecule has 5 unspecified atom stereocenters. The van der Waals surface area contributed by atoms with E-state index in [9.17, 15) is 4.39 Å². The number of hydrogen-bond donors (Lipinski definition) is 0. The van der Waals surface area contributed by atoms with Gasteiger partial charge in [0.05, 0.1) is 6.10 Å². The Labute approximate surface area is 166 Å². The first-order valence-corrected chi connectivity index (χ1v) is 11.0. The summed E-state index contributed by atoms with van der Waals surface area (Å²) >= 11 is 0. The lowest BCUT2D eigenvalue weighted by molar-refractivity contribution is -0.380. The molecule has 4 fully saturated rings. The first-order valence-electron chi connectivity index (χ1n) is 11.0. The van der Waals surface area contributed by atoms with Crippen molar-refractivity contribution in [2.45, 2.75) is 82.9 Å². The van der Waals surface area contributed by atoms with Gasteiger partial charge < -0.3 is 9.47 Å². The summed E-state index contributed by atoms with van der Waals surface area (Å²) in [6.07, 6.45) is 8.17. The highest BCUT2D eigenvalue weighted by atomic mass is 19.1. The van der Waals surface area contributed by atoms with Crippen molar-refractivity contribution in [3.8, 4) is 5.75 Å². The summed E-state index contributed by atoms with van der Waals surface area (Å²) in [5.74, 6) is 1.58. The third-order valence-corrected chi connectivity index (χ3v) is 7.46. The maximum Gasteiger partial charge on any atom is 0.210 e. The van der Waals surface area contributed by atoms with E-state index in [1.54, 1.807) is 12.1 Å². The molecule has 0 radical (unpaired) electrons. The second-order valence-corrected chi connectivity index (χ2v) is 9.68. The Morgan fingerprint density at radius 1 is 0.964 bits per heavy atom. The lowest BCUT2D eigenvalue weighted by Crippen LogP contribution is -2.54. The molecule has 28 heavy (non-hydrogen) atoms.